The monoisotopic (exact) mass is 208 g/mol. The van der Waals surface area contributed by atoms with Gasteiger partial charge in [0, 0.05) is 17.2 Å². The molecule has 2 aromatic rings. The lowest BCUT2D eigenvalue weighted by atomic mass is 10.2. The van der Waals surface area contributed by atoms with E-state index >= 15 is 0 Å². The summed E-state index contributed by atoms with van der Waals surface area (Å²) in [6.07, 6.45) is 0. The average molecular weight is 209 g/mol. The van der Waals surface area contributed by atoms with E-state index in [-0.39, 0.29) is 0 Å². The molecule has 2 rings (SSSR count). The lowest BCUT2D eigenvalue weighted by Gasteiger charge is -1.91. The summed E-state index contributed by atoms with van der Waals surface area (Å²) in [5.74, 6) is 0.825. The number of nitrogens with zero attached hydrogens (tertiary/aromatic N) is 1. The summed E-state index contributed by atoms with van der Waals surface area (Å²) >= 11 is 5.96. The van der Waals surface area contributed by atoms with Crippen molar-refractivity contribution in [3.8, 4) is 0 Å². The predicted octanol–water partition coefficient (Wildman–Crippen LogP) is 2.58. The van der Waals surface area contributed by atoms with Gasteiger partial charge in [-0.3, -0.25) is 0 Å². The Morgan fingerprint density at radius 2 is 2.00 bits per heavy atom. The van der Waals surface area contributed by atoms with E-state index in [0.717, 1.165) is 5.76 Å². The predicted molar refractivity (Wildman–Crippen MR) is 54.2 cm³/mol. The number of rotatable bonds is 2. The summed E-state index contributed by atoms with van der Waals surface area (Å²) in [5.41, 5.74) is 1.17. The number of hydrogen-bond acceptors (Lipinski definition) is 1. The third-order valence-corrected chi connectivity index (χ3v) is 2.28. The summed E-state index contributed by atoms with van der Waals surface area (Å²) in [5, 5.41) is 0.631. The molecule has 1 aromatic heterocycles. The van der Waals surface area contributed by atoms with Gasteiger partial charge < -0.3 is 0 Å². The van der Waals surface area contributed by atoms with Gasteiger partial charge in [0.15, 0.2) is 5.76 Å². The highest BCUT2D eigenvalue weighted by molar-refractivity contribution is 6.28. The molecule has 0 bridgehead atoms. The molecule has 0 aliphatic rings. The lowest BCUT2D eigenvalue weighted by Crippen LogP contribution is -2.32. The molecule has 0 radical (unpaired) electrons. The minimum atomic E-state index is 0.631. The zero-order valence-corrected chi connectivity index (χ0v) is 8.66. The molecule has 3 heteroatoms. The Balaban J connectivity index is 2.23. The van der Waals surface area contributed by atoms with Gasteiger partial charge >= 0.3 is 5.15 Å². The fourth-order valence-corrected chi connectivity index (χ4v) is 1.59. The lowest BCUT2D eigenvalue weighted by molar-refractivity contribution is -0.856. The molecule has 1 heterocycles. The topological polar surface area (TPSA) is 17.0 Å². The van der Waals surface area contributed by atoms with Gasteiger partial charge in [-0.05, 0) is 11.6 Å². The first-order chi connectivity index (χ1) is 6.75. The average Bonchev–Trinajstić information content (AvgIpc) is 2.47. The first-order valence-electron chi connectivity index (χ1n) is 4.46. The van der Waals surface area contributed by atoms with Crippen LogP contribution in [0.1, 0.15) is 11.3 Å². The van der Waals surface area contributed by atoms with E-state index < -0.39 is 0 Å². The van der Waals surface area contributed by atoms with Crippen LogP contribution in [0.4, 0.5) is 0 Å². The smallest absolute Gasteiger partial charge is 0.240 e. The Morgan fingerprint density at radius 3 is 2.57 bits per heavy atom. The maximum Gasteiger partial charge on any atom is 0.323 e. The van der Waals surface area contributed by atoms with Gasteiger partial charge in [0.05, 0.1) is 6.07 Å². The molecule has 0 unspecified atom stereocenters. The molecule has 0 spiro atoms. The highest BCUT2D eigenvalue weighted by atomic mass is 35.5. The zero-order chi connectivity index (χ0) is 9.97. The van der Waals surface area contributed by atoms with Crippen LogP contribution in [0.15, 0.2) is 40.9 Å². The molecular weight excluding hydrogens is 198 g/mol. The number of aryl methyl sites for hydroxylation is 1. The minimum Gasteiger partial charge on any atom is -0.240 e. The summed E-state index contributed by atoms with van der Waals surface area (Å²) < 4.78 is 7.08. The number of aromatic nitrogens is 1. The van der Waals surface area contributed by atoms with Crippen LogP contribution >= 0.6 is 11.6 Å². The van der Waals surface area contributed by atoms with E-state index in [1.54, 1.807) is 4.74 Å². The van der Waals surface area contributed by atoms with Gasteiger partial charge in [-0.15, -0.1) is 0 Å². The zero-order valence-electron chi connectivity index (χ0n) is 7.90. The highest BCUT2D eigenvalue weighted by Gasteiger charge is 2.15. The van der Waals surface area contributed by atoms with Crippen LogP contribution in [0.2, 0.25) is 5.15 Å². The molecule has 0 atom stereocenters. The van der Waals surface area contributed by atoms with Crippen LogP contribution in [-0.2, 0) is 6.54 Å². The molecule has 0 aliphatic heterocycles. The summed E-state index contributed by atoms with van der Waals surface area (Å²) in [4.78, 5) is 0. The summed E-state index contributed by atoms with van der Waals surface area (Å²) in [7, 11) is 0. The van der Waals surface area contributed by atoms with E-state index in [2.05, 4.69) is 0 Å². The third kappa shape index (κ3) is 1.96. The third-order valence-electron chi connectivity index (χ3n) is 1.98. The van der Waals surface area contributed by atoms with Gasteiger partial charge in [0.2, 0.25) is 6.54 Å². The normalized spacial score (nSPS) is 10.4. The Morgan fingerprint density at radius 1 is 1.29 bits per heavy atom. The molecule has 1 aromatic carbocycles. The Kier molecular flexibility index (Phi) is 2.55. The van der Waals surface area contributed by atoms with Crippen LogP contribution in [0.5, 0.6) is 0 Å². The molecule has 0 N–H and O–H groups in total. The van der Waals surface area contributed by atoms with Crippen molar-refractivity contribution in [2.45, 2.75) is 13.5 Å². The second-order valence-corrected chi connectivity index (χ2v) is 3.58. The SMILES string of the molecule is Cc1cc(Cl)[n+](Cc2ccccc2)o1. The molecule has 2 nitrogen and oxygen atoms in total. The van der Waals surface area contributed by atoms with Gasteiger partial charge in [-0.25, -0.2) is 4.52 Å². The van der Waals surface area contributed by atoms with Crippen molar-refractivity contribution in [2.24, 2.45) is 0 Å². The van der Waals surface area contributed by atoms with E-state index in [9.17, 15) is 0 Å². The van der Waals surface area contributed by atoms with Gasteiger partial charge in [0.1, 0.15) is 0 Å². The summed E-state index contributed by atoms with van der Waals surface area (Å²) in [6.45, 7) is 2.56. The fourth-order valence-electron chi connectivity index (χ4n) is 1.34. The van der Waals surface area contributed by atoms with Crippen molar-refractivity contribution in [1.82, 2.24) is 0 Å². The Bertz CT molecular complexity index is 422. The second kappa shape index (κ2) is 3.84. The highest BCUT2D eigenvalue weighted by Crippen LogP contribution is 2.07. The Labute approximate surface area is 87.7 Å². The van der Waals surface area contributed by atoms with Crippen molar-refractivity contribution in [1.29, 1.82) is 0 Å². The first-order valence-corrected chi connectivity index (χ1v) is 4.84. The van der Waals surface area contributed by atoms with E-state index in [1.165, 1.54) is 5.56 Å². The van der Waals surface area contributed by atoms with Crippen molar-refractivity contribution < 1.29 is 9.26 Å². The molecule has 0 saturated carbocycles. The number of halogens is 1. The van der Waals surface area contributed by atoms with E-state index in [4.69, 9.17) is 16.1 Å². The van der Waals surface area contributed by atoms with Gasteiger partial charge in [0.25, 0.3) is 0 Å². The van der Waals surface area contributed by atoms with Crippen molar-refractivity contribution >= 4 is 11.6 Å². The molecule has 14 heavy (non-hydrogen) atoms. The molecule has 72 valence electrons. The van der Waals surface area contributed by atoms with Crippen LogP contribution in [0, 0.1) is 6.92 Å². The molecule has 0 aliphatic carbocycles. The van der Waals surface area contributed by atoms with Crippen molar-refractivity contribution in [3.05, 3.63) is 52.9 Å². The maximum atomic E-state index is 5.96. The standard InChI is InChI=1S/C11H11ClNO/c1-9-7-11(12)13(14-9)8-10-5-3-2-4-6-10/h2-7H,8H2,1H3/q+1. The van der Waals surface area contributed by atoms with Crippen LogP contribution in [0.3, 0.4) is 0 Å². The first kappa shape index (κ1) is 9.28. The van der Waals surface area contributed by atoms with Gasteiger partial charge in [-0.2, -0.15) is 0 Å². The summed E-state index contributed by atoms with van der Waals surface area (Å²) in [6, 6.07) is 11.9. The van der Waals surface area contributed by atoms with Crippen LogP contribution in [-0.4, -0.2) is 0 Å². The molecule has 0 saturated heterocycles. The van der Waals surface area contributed by atoms with Crippen molar-refractivity contribution in [2.75, 3.05) is 0 Å². The fraction of sp³-hybridized carbons (Fsp3) is 0.182. The number of hydrogen-bond donors (Lipinski definition) is 0. The second-order valence-electron chi connectivity index (χ2n) is 3.19. The van der Waals surface area contributed by atoms with Crippen molar-refractivity contribution in [3.63, 3.8) is 0 Å². The van der Waals surface area contributed by atoms with E-state index in [1.807, 2.05) is 43.3 Å². The molecule has 0 amide bonds. The molecule has 0 fully saturated rings. The maximum absolute atomic E-state index is 5.96. The molecular formula is C11H11ClNO+. The Hall–Kier alpha value is -1.28. The number of benzene rings is 1. The quantitative estimate of drug-likeness (QED) is 0.694. The van der Waals surface area contributed by atoms with Gasteiger partial charge in [-0.1, -0.05) is 30.3 Å². The van der Waals surface area contributed by atoms with Crippen LogP contribution in [0.25, 0.3) is 0 Å². The van der Waals surface area contributed by atoms with E-state index in [0.29, 0.717) is 11.7 Å². The largest absolute Gasteiger partial charge is 0.323 e. The van der Waals surface area contributed by atoms with Crippen LogP contribution < -0.4 is 4.74 Å². The minimum absolute atomic E-state index is 0.631.